The lowest BCUT2D eigenvalue weighted by Gasteiger charge is -2.36. The van der Waals surface area contributed by atoms with Gasteiger partial charge in [0, 0.05) is 20.0 Å². The lowest BCUT2D eigenvalue weighted by atomic mass is 9.95. The number of hydrogen-bond donors (Lipinski definition) is 4. The monoisotopic (exact) mass is 233 g/mol. The van der Waals surface area contributed by atoms with Gasteiger partial charge in [0.05, 0.1) is 31.0 Å². The number of aliphatic hydroxyl groups excluding tert-OH is 3. The predicted molar refractivity (Wildman–Crippen MR) is 55.7 cm³/mol. The Bertz CT molecular complexity index is 235. The van der Waals surface area contributed by atoms with Crippen LogP contribution in [-0.2, 0) is 9.53 Å². The standard InChI is InChI=1S/C10H19NO5/c1-6(13)11-10-8(15)2-3-16-9(10)4-7(14)5-12/h7-10,12,14-15H,2-5H2,1H3,(H,11,13)/t7-,8+,9?,10?/m0/s1. The predicted octanol–water partition coefficient (Wildman–Crippen LogP) is -1.62. The van der Waals surface area contributed by atoms with Gasteiger partial charge in [-0.1, -0.05) is 0 Å². The highest BCUT2D eigenvalue weighted by atomic mass is 16.5. The van der Waals surface area contributed by atoms with Crippen LogP contribution >= 0.6 is 0 Å². The fourth-order valence-corrected chi connectivity index (χ4v) is 1.85. The molecule has 0 aromatic rings. The van der Waals surface area contributed by atoms with Crippen LogP contribution in [0, 0.1) is 0 Å². The zero-order chi connectivity index (χ0) is 12.1. The van der Waals surface area contributed by atoms with Crippen LogP contribution in [0.25, 0.3) is 0 Å². The maximum absolute atomic E-state index is 11.0. The molecule has 1 saturated heterocycles. The van der Waals surface area contributed by atoms with Crippen molar-refractivity contribution >= 4 is 5.91 Å². The van der Waals surface area contributed by atoms with Gasteiger partial charge < -0.3 is 25.4 Å². The summed E-state index contributed by atoms with van der Waals surface area (Å²) < 4.78 is 5.39. The summed E-state index contributed by atoms with van der Waals surface area (Å²) in [4.78, 5) is 11.0. The van der Waals surface area contributed by atoms with Gasteiger partial charge in [0.2, 0.25) is 5.91 Å². The number of rotatable bonds is 4. The quantitative estimate of drug-likeness (QED) is 0.468. The Balaban J connectivity index is 2.59. The van der Waals surface area contributed by atoms with Crippen LogP contribution < -0.4 is 5.32 Å². The molecule has 0 radical (unpaired) electrons. The van der Waals surface area contributed by atoms with Crippen LogP contribution in [0.2, 0.25) is 0 Å². The molecule has 1 aliphatic heterocycles. The van der Waals surface area contributed by atoms with Gasteiger partial charge in [0.25, 0.3) is 0 Å². The molecule has 0 spiro atoms. The summed E-state index contributed by atoms with van der Waals surface area (Å²) in [7, 11) is 0. The molecule has 1 rings (SSSR count). The first-order valence-corrected chi connectivity index (χ1v) is 5.40. The Morgan fingerprint density at radius 3 is 2.88 bits per heavy atom. The number of amides is 1. The molecule has 16 heavy (non-hydrogen) atoms. The molecular weight excluding hydrogens is 214 g/mol. The average molecular weight is 233 g/mol. The van der Waals surface area contributed by atoms with E-state index in [1.54, 1.807) is 0 Å². The van der Waals surface area contributed by atoms with Crippen molar-refractivity contribution in [2.45, 2.75) is 44.1 Å². The maximum atomic E-state index is 11.0. The van der Waals surface area contributed by atoms with Crippen molar-refractivity contribution < 1.29 is 24.9 Å². The van der Waals surface area contributed by atoms with Gasteiger partial charge in [0.15, 0.2) is 0 Å². The molecule has 0 aromatic carbocycles. The summed E-state index contributed by atoms with van der Waals surface area (Å²) in [6, 6.07) is -0.521. The van der Waals surface area contributed by atoms with E-state index in [2.05, 4.69) is 5.32 Å². The highest BCUT2D eigenvalue weighted by Crippen LogP contribution is 2.19. The molecule has 6 nitrogen and oxygen atoms in total. The number of nitrogens with one attached hydrogen (secondary N) is 1. The molecular formula is C10H19NO5. The van der Waals surface area contributed by atoms with Crippen LogP contribution in [0.5, 0.6) is 0 Å². The van der Waals surface area contributed by atoms with Gasteiger partial charge in [0.1, 0.15) is 0 Å². The zero-order valence-electron chi connectivity index (χ0n) is 9.30. The van der Waals surface area contributed by atoms with Gasteiger partial charge in [-0.2, -0.15) is 0 Å². The van der Waals surface area contributed by atoms with E-state index in [-0.39, 0.29) is 18.9 Å². The number of ether oxygens (including phenoxy) is 1. The van der Waals surface area contributed by atoms with Crippen molar-refractivity contribution in [3.63, 3.8) is 0 Å². The Hall–Kier alpha value is -0.690. The Morgan fingerprint density at radius 2 is 2.31 bits per heavy atom. The van der Waals surface area contributed by atoms with E-state index in [1.165, 1.54) is 6.92 Å². The third kappa shape index (κ3) is 3.71. The van der Waals surface area contributed by atoms with Crippen LogP contribution in [0.3, 0.4) is 0 Å². The van der Waals surface area contributed by atoms with Crippen molar-refractivity contribution in [2.24, 2.45) is 0 Å². The normalized spacial score (nSPS) is 32.1. The second-order valence-electron chi connectivity index (χ2n) is 4.06. The van der Waals surface area contributed by atoms with E-state index in [0.717, 1.165) is 0 Å². The zero-order valence-corrected chi connectivity index (χ0v) is 9.30. The SMILES string of the molecule is CC(=O)NC1C(C[C@H](O)CO)OCC[C@H]1O. The topological polar surface area (TPSA) is 99.0 Å². The molecule has 0 aromatic heterocycles. The highest BCUT2D eigenvalue weighted by molar-refractivity contribution is 5.73. The molecule has 4 N–H and O–H groups in total. The van der Waals surface area contributed by atoms with Crippen molar-refractivity contribution in [3.8, 4) is 0 Å². The molecule has 1 heterocycles. The van der Waals surface area contributed by atoms with E-state index in [0.29, 0.717) is 13.0 Å². The lowest BCUT2D eigenvalue weighted by Crippen LogP contribution is -2.55. The van der Waals surface area contributed by atoms with E-state index in [4.69, 9.17) is 9.84 Å². The van der Waals surface area contributed by atoms with E-state index in [9.17, 15) is 15.0 Å². The molecule has 1 aliphatic rings. The highest BCUT2D eigenvalue weighted by Gasteiger charge is 2.34. The third-order valence-electron chi connectivity index (χ3n) is 2.65. The molecule has 0 bridgehead atoms. The second-order valence-corrected chi connectivity index (χ2v) is 4.06. The molecule has 1 fully saturated rings. The van der Waals surface area contributed by atoms with Gasteiger partial charge in [-0.05, 0) is 6.42 Å². The van der Waals surface area contributed by atoms with Crippen LogP contribution in [0.4, 0.5) is 0 Å². The Kier molecular flexibility index (Phi) is 5.14. The largest absolute Gasteiger partial charge is 0.394 e. The first-order chi connectivity index (χ1) is 7.54. The second kappa shape index (κ2) is 6.15. The van der Waals surface area contributed by atoms with Crippen LogP contribution in [0.15, 0.2) is 0 Å². The number of carbonyl (C=O) groups excluding carboxylic acids is 1. The minimum atomic E-state index is -0.897. The molecule has 6 heteroatoms. The molecule has 94 valence electrons. The van der Waals surface area contributed by atoms with E-state index >= 15 is 0 Å². The number of hydrogen-bond acceptors (Lipinski definition) is 5. The van der Waals surface area contributed by atoms with E-state index < -0.39 is 24.4 Å². The summed E-state index contributed by atoms with van der Waals surface area (Å²) in [6.07, 6.45) is -1.38. The fourth-order valence-electron chi connectivity index (χ4n) is 1.85. The fraction of sp³-hybridized carbons (Fsp3) is 0.900. The Morgan fingerprint density at radius 1 is 1.62 bits per heavy atom. The number of aliphatic hydroxyl groups is 3. The molecule has 1 amide bonds. The summed E-state index contributed by atoms with van der Waals surface area (Å²) in [5, 5.41) is 30.4. The number of carbonyl (C=O) groups is 1. The summed E-state index contributed by atoms with van der Waals surface area (Å²) >= 11 is 0. The van der Waals surface area contributed by atoms with Gasteiger partial charge in [-0.25, -0.2) is 0 Å². The van der Waals surface area contributed by atoms with Crippen molar-refractivity contribution in [1.29, 1.82) is 0 Å². The average Bonchev–Trinajstić information content (AvgIpc) is 2.22. The molecule has 2 unspecified atom stereocenters. The molecule has 0 saturated carbocycles. The van der Waals surface area contributed by atoms with Gasteiger partial charge in [-0.15, -0.1) is 0 Å². The summed E-state index contributed by atoms with van der Waals surface area (Å²) in [5.41, 5.74) is 0. The Labute approximate surface area is 94.2 Å². The first-order valence-electron chi connectivity index (χ1n) is 5.40. The van der Waals surface area contributed by atoms with Crippen molar-refractivity contribution in [2.75, 3.05) is 13.2 Å². The minimum absolute atomic E-state index is 0.193. The van der Waals surface area contributed by atoms with Crippen LogP contribution in [-0.4, -0.2) is 58.8 Å². The summed E-state index contributed by atoms with van der Waals surface area (Å²) in [5.74, 6) is -0.252. The molecule has 4 atom stereocenters. The smallest absolute Gasteiger partial charge is 0.217 e. The summed E-state index contributed by atoms with van der Waals surface area (Å²) in [6.45, 7) is 1.39. The molecule has 0 aliphatic carbocycles. The van der Waals surface area contributed by atoms with Gasteiger partial charge in [-0.3, -0.25) is 4.79 Å². The van der Waals surface area contributed by atoms with Crippen molar-refractivity contribution in [1.82, 2.24) is 5.32 Å². The van der Waals surface area contributed by atoms with Crippen molar-refractivity contribution in [3.05, 3.63) is 0 Å². The maximum Gasteiger partial charge on any atom is 0.217 e. The van der Waals surface area contributed by atoms with Crippen LogP contribution in [0.1, 0.15) is 19.8 Å². The first kappa shape index (κ1) is 13.4. The van der Waals surface area contributed by atoms with E-state index in [1.807, 2.05) is 0 Å². The third-order valence-corrected chi connectivity index (χ3v) is 2.65. The lowest BCUT2D eigenvalue weighted by molar-refractivity contribution is -0.128. The minimum Gasteiger partial charge on any atom is -0.394 e. The van der Waals surface area contributed by atoms with Gasteiger partial charge >= 0.3 is 0 Å².